The molecule has 0 fully saturated rings. The van der Waals surface area contributed by atoms with Crippen molar-refractivity contribution in [3.63, 3.8) is 0 Å². The van der Waals surface area contributed by atoms with Crippen LogP contribution in [0.4, 0.5) is 11.5 Å². The summed E-state index contributed by atoms with van der Waals surface area (Å²) in [5.74, 6) is 0.860. The van der Waals surface area contributed by atoms with Crippen LogP contribution in [0.5, 0.6) is 11.5 Å². The van der Waals surface area contributed by atoms with E-state index in [0.29, 0.717) is 36.2 Å². The number of carboxylic acids is 1. The van der Waals surface area contributed by atoms with Crippen LogP contribution in [-0.2, 0) is 0 Å². The average Bonchev–Trinajstić information content (AvgIpc) is 3.26. The maximum Gasteiger partial charge on any atom is 0.365 e. The molecule has 2 aromatic heterocycles. The van der Waals surface area contributed by atoms with Crippen molar-refractivity contribution in [2.24, 2.45) is 0 Å². The largest absolute Gasteiger partial charge is 0.490 e. The first-order valence-corrected chi connectivity index (χ1v) is 10.6. The molecule has 0 aliphatic heterocycles. The zero-order chi connectivity index (χ0) is 21.8. The standard InChI is InChI=1S/C22H20N4O4S/c1-3-29-18-9-15-16(10-19(18)30-4-2)23-12-24-20(15)25-14-7-5-6-13(8-14)17-11-31-21(26-17)22(27)28/h5-12H,3-4H2,1-2H3,(H,27,28)(H,23,24,25). The topological polar surface area (TPSA) is 106 Å². The second-order valence-electron chi connectivity index (χ2n) is 6.45. The summed E-state index contributed by atoms with van der Waals surface area (Å²) < 4.78 is 11.4. The molecule has 2 aromatic carbocycles. The summed E-state index contributed by atoms with van der Waals surface area (Å²) in [5, 5.41) is 15.0. The zero-order valence-corrected chi connectivity index (χ0v) is 17.8. The first-order valence-electron chi connectivity index (χ1n) is 9.69. The number of carboxylic acid groups (broad SMARTS) is 1. The van der Waals surface area contributed by atoms with Gasteiger partial charge in [-0.05, 0) is 32.0 Å². The summed E-state index contributed by atoms with van der Waals surface area (Å²) in [5.41, 5.74) is 2.93. The number of benzene rings is 2. The molecule has 0 unspecified atom stereocenters. The van der Waals surface area contributed by atoms with Crippen molar-refractivity contribution in [2.45, 2.75) is 13.8 Å². The van der Waals surface area contributed by atoms with Gasteiger partial charge in [-0.3, -0.25) is 0 Å². The number of aromatic carboxylic acids is 1. The summed E-state index contributed by atoms with van der Waals surface area (Å²) >= 11 is 1.10. The predicted molar refractivity (Wildman–Crippen MR) is 120 cm³/mol. The van der Waals surface area contributed by atoms with Gasteiger partial charge in [0.1, 0.15) is 12.1 Å². The fourth-order valence-electron chi connectivity index (χ4n) is 3.10. The van der Waals surface area contributed by atoms with E-state index >= 15 is 0 Å². The smallest absolute Gasteiger partial charge is 0.365 e. The number of ether oxygens (including phenoxy) is 2. The van der Waals surface area contributed by atoms with Crippen LogP contribution >= 0.6 is 11.3 Å². The highest BCUT2D eigenvalue weighted by Crippen LogP contribution is 2.35. The monoisotopic (exact) mass is 436 g/mol. The quantitative estimate of drug-likeness (QED) is 0.398. The molecule has 0 aliphatic rings. The number of carbonyl (C=O) groups is 1. The highest BCUT2D eigenvalue weighted by Gasteiger charge is 2.13. The lowest BCUT2D eigenvalue weighted by Gasteiger charge is -2.14. The molecular formula is C22H20N4O4S. The number of hydrogen-bond acceptors (Lipinski definition) is 8. The molecule has 158 valence electrons. The van der Waals surface area contributed by atoms with Crippen molar-refractivity contribution < 1.29 is 19.4 Å². The van der Waals surface area contributed by atoms with Gasteiger partial charge in [-0.25, -0.2) is 19.7 Å². The average molecular weight is 436 g/mol. The van der Waals surface area contributed by atoms with Gasteiger partial charge in [0.25, 0.3) is 0 Å². The maximum atomic E-state index is 11.1. The Kier molecular flexibility index (Phi) is 5.94. The third-order valence-corrected chi connectivity index (χ3v) is 5.24. The minimum atomic E-state index is -1.03. The van der Waals surface area contributed by atoms with Crippen LogP contribution in [0.25, 0.3) is 22.2 Å². The number of thiazole rings is 1. The van der Waals surface area contributed by atoms with Gasteiger partial charge in [0, 0.05) is 28.1 Å². The van der Waals surface area contributed by atoms with E-state index in [-0.39, 0.29) is 5.01 Å². The van der Waals surface area contributed by atoms with E-state index in [9.17, 15) is 4.79 Å². The van der Waals surface area contributed by atoms with Crippen LogP contribution in [-0.4, -0.2) is 39.2 Å². The lowest BCUT2D eigenvalue weighted by atomic mass is 10.1. The van der Waals surface area contributed by atoms with E-state index in [1.54, 1.807) is 5.38 Å². The van der Waals surface area contributed by atoms with Crippen LogP contribution in [0.1, 0.15) is 23.6 Å². The van der Waals surface area contributed by atoms with Crippen molar-refractivity contribution in [1.29, 1.82) is 0 Å². The Morgan fingerprint density at radius 3 is 2.58 bits per heavy atom. The Morgan fingerprint density at radius 1 is 1.10 bits per heavy atom. The normalized spacial score (nSPS) is 10.8. The Labute approximate surface area is 182 Å². The highest BCUT2D eigenvalue weighted by molar-refractivity contribution is 7.11. The van der Waals surface area contributed by atoms with Crippen LogP contribution in [0.3, 0.4) is 0 Å². The van der Waals surface area contributed by atoms with E-state index < -0.39 is 5.97 Å². The van der Waals surface area contributed by atoms with Crippen molar-refractivity contribution in [3.8, 4) is 22.8 Å². The highest BCUT2D eigenvalue weighted by atomic mass is 32.1. The molecule has 31 heavy (non-hydrogen) atoms. The number of hydrogen-bond donors (Lipinski definition) is 2. The van der Waals surface area contributed by atoms with Crippen molar-refractivity contribution in [1.82, 2.24) is 15.0 Å². The molecule has 0 saturated heterocycles. The molecule has 4 aromatic rings. The van der Waals surface area contributed by atoms with E-state index in [1.165, 1.54) is 6.33 Å². The van der Waals surface area contributed by atoms with Gasteiger partial charge in [-0.15, -0.1) is 11.3 Å². The second-order valence-corrected chi connectivity index (χ2v) is 7.31. The Hall–Kier alpha value is -3.72. The van der Waals surface area contributed by atoms with Gasteiger partial charge >= 0.3 is 5.97 Å². The maximum absolute atomic E-state index is 11.1. The molecule has 0 saturated carbocycles. The van der Waals surface area contributed by atoms with Crippen molar-refractivity contribution >= 4 is 39.7 Å². The molecule has 0 amide bonds. The molecule has 4 rings (SSSR count). The first-order chi connectivity index (χ1) is 15.1. The van der Waals surface area contributed by atoms with E-state index in [1.807, 2.05) is 50.2 Å². The van der Waals surface area contributed by atoms with E-state index in [4.69, 9.17) is 14.6 Å². The summed E-state index contributed by atoms with van der Waals surface area (Å²) in [4.78, 5) is 24.1. The third-order valence-electron chi connectivity index (χ3n) is 4.41. The molecule has 0 aliphatic carbocycles. The number of nitrogens with one attached hydrogen (secondary N) is 1. The number of nitrogens with zero attached hydrogens (tertiary/aromatic N) is 3. The first kappa shape index (κ1) is 20.5. The Bertz CT molecular complexity index is 1240. The number of aromatic nitrogens is 3. The predicted octanol–water partition coefficient (Wildman–Crippen LogP) is 4.99. The summed E-state index contributed by atoms with van der Waals surface area (Å²) in [6.07, 6.45) is 1.49. The molecule has 2 N–H and O–H groups in total. The van der Waals surface area contributed by atoms with Gasteiger partial charge in [-0.1, -0.05) is 12.1 Å². The molecule has 0 bridgehead atoms. The fourth-order valence-corrected chi connectivity index (χ4v) is 3.76. The second kappa shape index (κ2) is 8.97. The van der Waals surface area contributed by atoms with Crippen LogP contribution in [0.15, 0.2) is 48.1 Å². The van der Waals surface area contributed by atoms with Gasteiger partial charge in [-0.2, -0.15) is 0 Å². The Morgan fingerprint density at radius 2 is 1.87 bits per heavy atom. The number of rotatable bonds is 8. The minimum absolute atomic E-state index is 0.0590. The molecule has 8 nitrogen and oxygen atoms in total. The van der Waals surface area contributed by atoms with E-state index in [0.717, 1.165) is 33.5 Å². The van der Waals surface area contributed by atoms with Gasteiger partial charge < -0.3 is 19.9 Å². The summed E-state index contributed by atoms with van der Waals surface area (Å²) in [7, 11) is 0. The van der Waals surface area contributed by atoms with Crippen LogP contribution in [0.2, 0.25) is 0 Å². The summed E-state index contributed by atoms with van der Waals surface area (Å²) in [6, 6.07) is 11.3. The molecule has 2 heterocycles. The molecule has 9 heteroatoms. The molecule has 0 radical (unpaired) electrons. The minimum Gasteiger partial charge on any atom is -0.490 e. The fraction of sp³-hybridized carbons (Fsp3) is 0.182. The number of fused-ring (bicyclic) bond motifs is 1. The Balaban J connectivity index is 1.69. The lowest BCUT2D eigenvalue weighted by Crippen LogP contribution is -2.01. The van der Waals surface area contributed by atoms with Crippen LogP contribution < -0.4 is 14.8 Å². The molecule has 0 atom stereocenters. The van der Waals surface area contributed by atoms with Crippen LogP contribution in [0, 0.1) is 0 Å². The zero-order valence-electron chi connectivity index (χ0n) is 17.0. The van der Waals surface area contributed by atoms with Crippen molar-refractivity contribution in [2.75, 3.05) is 18.5 Å². The van der Waals surface area contributed by atoms with E-state index in [2.05, 4.69) is 20.3 Å². The van der Waals surface area contributed by atoms with Gasteiger partial charge in [0.05, 0.1) is 24.4 Å². The third kappa shape index (κ3) is 4.41. The van der Waals surface area contributed by atoms with Gasteiger partial charge in [0.2, 0.25) is 5.01 Å². The SMILES string of the molecule is CCOc1cc2ncnc(Nc3cccc(-c4csc(C(=O)O)n4)c3)c2cc1OCC. The molecular weight excluding hydrogens is 416 g/mol. The summed E-state index contributed by atoms with van der Waals surface area (Å²) in [6.45, 7) is 4.87. The number of anilines is 2. The van der Waals surface area contributed by atoms with Crippen molar-refractivity contribution in [3.05, 3.63) is 53.1 Å². The lowest BCUT2D eigenvalue weighted by molar-refractivity contribution is 0.0696. The van der Waals surface area contributed by atoms with Gasteiger partial charge in [0.15, 0.2) is 11.5 Å². The molecule has 0 spiro atoms.